The van der Waals surface area contributed by atoms with Crippen molar-refractivity contribution in [3.63, 3.8) is 0 Å². The molecule has 0 bridgehead atoms. The van der Waals surface area contributed by atoms with Crippen LogP contribution < -0.4 is 10.2 Å². The summed E-state index contributed by atoms with van der Waals surface area (Å²) >= 11 is 1.86. The number of thiophene rings is 1. The average Bonchev–Trinajstić information content (AvgIpc) is 2.96. The first-order valence-electron chi connectivity index (χ1n) is 11.4. The molecular formula is C22H31N5OS. The lowest BCUT2D eigenvalue weighted by Crippen LogP contribution is -2.53. The minimum atomic E-state index is 0.119. The fraction of sp³-hybridized carbons (Fsp3) is 0.682. The van der Waals surface area contributed by atoms with E-state index in [9.17, 15) is 4.79 Å². The van der Waals surface area contributed by atoms with Crippen molar-refractivity contribution in [1.82, 2.24) is 20.2 Å². The second-order valence-electron chi connectivity index (χ2n) is 8.70. The van der Waals surface area contributed by atoms with Gasteiger partial charge in [0, 0.05) is 37.1 Å². The molecule has 3 heterocycles. The van der Waals surface area contributed by atoms with Crippen molar-refractivity contribution in [2.24, 2.45) is 0 Å². The molecule has 156 valence electrons. The topological polar surface area (TPSA) is 61.4 Å². The Hall–Kier alpha value is -1.89. The summed E-state index contributed by atoms with van der Waals surface area (Å²) in [5, 5.41) is 4.55. The lowest BCUT2D eigenvalue weighted by Gasteiger charge is -2.36. The number of urea groups is 1. The van der Waals surface area contributed by atoms with Crippen LogP contribution in [0, 0.1) is 0 Å². The molecule has 2 aromatic heterocycles. The Balaban J connectivity index is 1.29. The van der Waals surface area contributed by atoms with Gasteiger partial charge >= 0.3 is 6.03 Å². The minimum Gasteiger partial charge on any atom is -0.352 e. The summed E-state index contributed by atoms with van der Waals surface area (Å²) in [4.78, 5) is 29.0. The van der Waals surface area contributed by atoms with Gasteiger partial charge in [-0.1, -0.05) is 25.7 Å². The van der Waals surface area contributed by atoms with E-state index in [1.807, 2.05) is 16.2 Å². The smallest absolute Gasteiger partial charge is 0.317 e. The predicted molar refractivity (Wildman–Crippen MR) is 118 cm³/mol. The molecule has 1 saturated heterocycles. The predicted octanol–water partition coefficient (Wildman–Crippen LogP) is 4.12. The quantitative estimate of drug-likeness (QED) is 0.752. The maximum Gasteiger partial charge on any atom is 0.317 e. The molecular weight excluding hydrogens is 382 g/mol. The number of anilines is 1. The highest BCUT2D eigenvalue weighted by Crippen LogP contribution is 2.38. The van der Waals surface area contributed by atoms with Crippen molar-refractivity contribution in [1.29, 1.82) is 0 Å². The highest BCUT2D eigenvalue weighted by atomic mass is 32.1. The molecule has 3 aliphatic rings. The van der Waals surface area contributed by atoms with Crippen molar-refractivity contribution < 1.29 is 4.79 Å². The zero-order chi connectivity index (χ0) is 19.6. The molecule has 1 aliphatic heterocycles. The van der Waals surface area contributed by atoms with Gasteiger partial charge < -0.3 is 15.1 Å². The van der Waals surface area contributed by atoms with Crippen molar-refractivity contribution in [3.05, 3.63) is 16.8 Å². The van der Waals surface area contributed by atoms with Crippen LogP contribution in [0.2, 0.25) is 0 Å². The largest absolute Gasteiger partial charge is 0.352 e. The highest BCUT2D eigenvalue weighted by Gasteiger charge is 2.27. The molecule has 29 heavy (non-hydrogen) atoms. The Labute approximate surface area is 176 Å². The van der Waals surface area contributed by atoms with E-state index in [-0.39, 0.29) is 6.03 Å². The van der Waals surface area contributed by atoms with E-state index < -0.39 is 0 Å². The van der Waals surface area contributed by atoms with Gasteiger partial charge in [-0.25, -0.2) is 14.8 Å². The van der Waals surface area contributed by atoms with E-state index in [0.717, 1.165) is 56.1 Å². The lowest BCUT2D eigenvalue weighted by molar-refractivity contribution is 0.186. The van der Waals surface area contributed by atoms with Crippen molar-refractivity contribution in [3.8, 4) is 0 Å². The number of fused-ring (bicyclic) bond motifs is 3. The van der Waals surface area contributed by atoms with Gasteiger partial charge in [-0.3, -0.25) is 0 Å². The summed E-state index contributed by atoms with van der Waals surface area (Å²) in [6.45, 7) is 3.20. The number of nitrogens with one attached hydrogen (secondary N) is 1. The van der Waals surface area contributed by atoms with Crippen LogP contribution >= 0.6 is 11.3 Å². The summed E-state index contributed by atoms with van der Waals surface area (Å²) < 4.78 is 0. The Bertz CT molecular complexity index is 867. The summed E-state index contributed by atoms with van der Waals surface area (Å²) in [6, 6.07) is 0.491. The third kappa shape index (κ3) is 3.93. The van der Waals surface area contributed by atoms with Gasteiger partial charge in [0.1, 0.15) is 17.0 Å². The van der Waals surface area contributed by atoms with E-state index in [1.165, 1.54) is 60.8 Å². The number of piperazine rings is 1. The molecule has 1 saturated carbocycles. The van der Waals surface area contributed by atoms with Crippen LogP contribution in [-0.4, -0.2) is 53.1 Å². The van der Waals surface area contributed by atoms with Crippen molar-refractivity contribution in [2.45, 2.75) is 70.3 Å². The zero-order valence-electron chi connectivity index (χ0n) is 17.2. The average molecular weight is 414 g/mol. The second kappa shape index (κ2) is 8.46. The fourth-order valence-corrected chi connectivity index (χ4v) is 6.35. The third-order valence-corrected chi connectivity index (χ3v) is 7.98. The molecule has 0 radical (unpaired) electrons. The second-order valence-corrected chi connectivity index (χ2v) is 9.78. The number of amides is 2. The SMILES string of the molecule is O=C(NC1CCCCC1)N1CCN(c2ncnc3sc4c(c23)CCCCC4)CC1. The molecule has 1 N–H and O–H groups in total. The summed E-state index contributed by atoms with van der Waals surface area (Å²) in [6.07, 6.45) is 14.0. The first-order chi connectivity index (χ1) is 14.3. The fourth-order valence-electron chi connectivity index (χ4n) is 5.12. The van der Waals surface area contributed by atoms with Crippen LogP contribution in [-0.2, 0) is 12.8 Å². The normalized spacial score (nSPS) is 21.1. The van der Waals surface area contributed by atoms with Crippen LogP contribution in [0.1, 0.15) is 61.8 Å². The monoisotopic (exact) mass is 413 g/mol. The maximum atomic E-state index is 12.7. The molecule has 0 aromatic carbocycles. The maximum absolute atomic E-state index is 12.7. The van der Waals surface area contributed by atoms with Gasteiger partial charge in [-0.05, 0) is 44.1 Å². The molecule has 2 fully saturated rings. The van der Waals surface area contributed by atoms with Gasteiger partial charge in [0.05, 0.1) is 5.39 Å². The van der Waals surface area contributed by atoms with Gasteiger partial charge in [-0.15, -0.1) is 11.3 Å². The van der Waals surface area contributed by atoms with Gasteiger partial charge in [-0.2, -0.15) is 0 Å². The highest BCUT2D eigenvalue weighted by molar-refractivity contribution is 7.18. The van der Waals surface area contributed by atoms with E-state index >= 15 is 0 Å². The number of hydrogen-bond donors (Lipinski definition) is 1. The Morgan fingerprint density at radius 1 is 0.966 bits per heavy atom. The molecule has 0 atom stereocenters. The summed E-state index contributed by atoms with van der Waals surface area (Å²) in [7, 11) is 0. The molecule has 0 spiro atoms. The van der Waals surface area contributed by atoms with Crippen molar-refractivity contribution in [2.75, 3.05) is 31.1 Å². The third-order valence-electron chi connectivity index (χ3n) is 6.78. The van der Waals surface area contributed by atoms with E-state index in [0.29, 0.717) is 6.04 Å². The number of aromatic nitrogens is 2. The first kappa shape index (κ1) is 19.1. The number of carbonyl (C=O) groups excluding carboxylic acids is 1. The molecule has 5 rings (SSSR count). The van der Waals surface area contributed by atoms with Crippen LogP contribution in [0.3, 0.4) is 0 Å². The Morgan fingerprint density at radius 2 is 1.72 bits per heavy atom. The zero-order valence-corrected chi connectivity index (χ0v) is 18.0. The Morgan fingerprint density at radius 3 is 2.55 bits per heavy atom. The number of hydrogen-bond acceptors (Lipinski definition) is 5. The van der Waals surface area contributed by atoms with Gasteiger partial charge in [0.2, 0.25) is 0 Å². The first-order valence-corrected chi connectivity index (χ1v) is 12.2. The van der Waals surface area contributed by atoms with Gasteiger partial charge in [0.25, 0.3) is 0 Å². The molecule has 2 aliphatic carbocycles. The van der Waals surface area contributed by atoms with Crippen LogP contribution in [0.5, 0.6) is 0 Å². The van der Waals surface area contributed by atoms with Crippen LogP contribution in [0.4, 0.5) is 10.6 Å². The minimum absolute atomic E-state index is 0.119. The molecule has 2 amide bonds. The molecule has 2 aromatic rings. The molecule has 0 unspecified atom stereocenters. The molecule has 6 nitrogen and oxygen atoms in total. The van der Waals surface area contributed by atoms with Gasteiger partial charge in [0.15, 0.2) is 0 Å². The standard InChI is InChI=1S/C22H31N5OS/c28-22(25-16-7-3-1-4-8-16)27-13-11-26(12-14-27)20-19-17-9-5-2-6-10-18(17)29-21(19)24-15-23-20/h15-16H,1-14H2,(H,25,28). The van der Waals surface area contributed by atoms with E-state index in [4.69, 9.17) is 4.98 Å². The Kier molecular flexibility index (Phi) is 5.57. The van der Waals surface area contributed by atoms with Crippen LogP contribution in [0.15, 0.2) is 6.33 Å². The van der Waals surface area contributed by atoms with E-state index in [1.54, 1.807) is 6.33 Å². The van der Waals surface area contributed by atoms with Crippen LogP contribution in [0.25, 0.3) is 10.2 Å². The lowest BCUT2D eigenvalue weighted by atomic mass is 9.96. The molecule has 7 heteroatoms. The van der Waals surface area contributed by atoms with E-state index in [2.05, 4.69) is 15.2 Å². The number of aryl methyl sites for hydroxylation is 2. The van der Waals surface area contributed by atoms with Crippen molar-refractivity contribution >= 4 is 33.4 Å². The summed E-state index contributed by atoms with van der Waals surface area (Å²) in [5.74, 6) is 1.08. The summed E-state index contributed by atoms with van der Waals surface area (Å²) in [5.41, 5.74) is 1.50. The number of carbonyl (C=O) groups is 1. The number of rotatable bonds is 2. The number of nitrogens with zero attached hydrogens (tertiary/aromatic N) is 4.